The van der Waals surface area contributed by atoms with Gasteiger partial charge in [-0.3, -0.25) is 0 Å². The summed E-state index contributed by atoms with van der Waals surface area (Å²) >= 11 is 2.07. The minimum atomic E-state index is 0.284. The molecule has 1 aliphatic rings. The van der Waals surface area contributed by atoms with Crippen molar-refractivity contribution >= 4 is 17.4 Å². The Balaban J connectivity index is 1.86. The summed E-state index contributed by atoms with van der Waals surface area (Å²) in [5.41, 5.74) is 1.17. The lowest BCUT2D eigenvalue weighted by Crippen LogP contribution is -2.14. The molecular weight excluding hydrogens is 242 g/mol. The largest absolute Gasteiger partial charge is 0.491 e. The topological polar surface area (TPSA) is 21.3 Å². The van der Waals surface area contributed by atoms with Crippen molar-refractivity contribution in [2.75, 3.05) is 23.4 Å². The van der Waals surface area contributed by atoms with E-state index in [1.807, 2.05) is 6.07 Å². The summed E-state index contributed by atoms with van der Waals surface area (Å²) in [4.78, 5) is 0. The number of hydrogen-bond donors (Lipinski definition) is 1. The van der Waals surface area contributed by atoms with Gasteiger partial charge in [0.25, 0.3) is 0 Å². The van der Waals surface area contributed by atoms with E-state index in [2.05, 4.69) is 49.1 Å². The molecule has 2 atom stereocenters. The monoisotopic (exact) mass is 265 g/mol. The molecule has 18 heavy (non-hydrogen) atoms. The molecule has 0 aliphatic carbocycles. The van der Waals surface area contributed by atoms with Gasteiger partial charge in [0.2, 0.25) is 0 Å². The summed E-state index contributed by atoms with van der Waals surface area (Å²) in [6.07, 6.45) is 2.67. The lowest BCUT2D eigenvalue weighted by molar-refractivity contribution is 0.217. The lowest BCUT2D eigenvalue weighted by Gasteiger charge is -2.15. The maximum Gasteiger partial charge on any atom is 0.121 e. The van der Waals surface area contributed by atoms with Crippen LogP contribution in [0.4, 0.5) is 5.69 Å². The molecule has 2 unspecified atom stereocenters. The van der Waals surface area contributed by atoms with Gasteiger partial charge in [0, 0.05) is 18.3 Å². The van der Waals surface area contributed by atoms with Crippen LogP contribution in [0.25, 0.3) is 0 Å². The standard InChI is InChI=1S/C15H23NOS/c1-3-12(2)17-15-6-4-5-14(9-15)16-10-13-7-8-18-11-13/h4-6,9,12-13,16H,3,7-8,10-11H2,1-2H3. The summed E-state index contributed by atoms with van der Waals surface area (Å²) in [5, 5.41) is 3.52. The van der Waals surface area contributed by atoms with E-state index in [4.69, 9.17) is 4.74 Å². The van der Waals surface area contributed by atoms with Crippen LogP contribution in [0.5, 0.6) is 5.75 Å². The third kappa shape index (κ3) is 4.13. The molecule has 0 radical (unpaired) electrons. The van der Waals surface area contributed by atoms with Gasteiger partial charge in [-0.15, -0.1) is 0 Å². The molecule has 1 saturated heterocycles. The Morgan fingerprint density at radius 2 is 2.39 bits per heavy atom. The zero-order chi connectivity index (χ0) is 12.8. The van der Waals surface area contributed by atoms with Crippen LogP contribution in [0.2, 0.25) is 0 Å². The van der Waals surface area contributed by atoms with E-state index in [9.17, 15) is 0 Å². The van der Waals surface area contributed by atoms with Crippen LogP contribution in [0.3, 0.4) is 0 Å². The van der Waals surface area contributed by atoms with Gasteiger partial charge in [-0.25, -0.2) is 0 Å². The van der Waals surface area contributed by atoms with Crippen molar-refractivity contribution in [2.45, 2.75) is 32.8 Å². The molecule has 100 valence electrons. The molecule has 0 amide bonds. The van der Waals surface area contributed by atoms with Gasteiger partial charge in [-0.1, -0.05) is 13.0 Å². The van der Waals surface area contributed by atoms with Crippen molar-refractivity contribution < 1.29 is 4.74 Å². The minimum absolute atomic E-state index is 0.284. The quantitative estimate of drug-likeness (QED) is 0.839. The molecule has 3 heteroatoms. The van der Waals surface area contributed by atoms with Crippen LogP contribution in [0.15, 0.2) is 24.3 Å². The van der Waals surface area contributed by atoms with Crippen LogP contribution in [-0.4, -0.2) is 24.2 Å². The van der Waals surface area contributed by atoms with E-state index in [-0.39, 0.29) is 6.10 Å². The molecule has 1 fully saturated rings. The van der Waals surface area contributed by atoms with Gasteiger partial charge < -0.3 is 10.1 Å². The van der Waals surface area contributed by atoms with Gasteiger partial charge in [-0.2, -0.15) is 11.8 Å². The molecule has 1 aliphatic heterocycles. The number of ether oxygens (including phenoxy) is 1. The highest BCUT2D eigenvalue weighted by Gasteiger charge is 2.14. The average molecular weight is 265 g/mol. The highest BCUT2D eigenvalue weighted by atomic mass is 32.2. The van der Waals surface area contributed by atoms with E-state index in [1.165, 1.54) is 23.6 Å². The highest BCUT2D eigenvalue weighted by Crippen LogP contribution is 2.25. The van der Waals surface area contributed by atoms with E-state index < -0.39 is 0 Å². The van der Waals surface area contributed by atoms with Crippen molar-refractivity contribution in [1.82, 2.24) is 0 Å². The van der Waals surface area contributed by atoms with Crippen LogP contribution in [0.1, 0.15) is 26.7 Å². The van der Waals surface area contributed by atoms with Crippen LogP contribution in [-0.2, 0) is 0 Å². The van der Waals surface area contributed by atoms with Gasteiger partial charge in [0.1, 0.15) is 5.75 Å². The SMILES string of the molecule is CCC(C)Oc1cccc(NCC2CCSC2)c1. The van der Waals surface area contributed by atoms with E-state index in [1.54, 1.807) is 0 Å². The molecule has 0 bridgehead atoms. The van der Waals surface area contributed by atoms with Gasteiger partial charge >= 0.3 is 0 Å². The van der Waals surface area contributed by atoms with E-state index in [0.29, 0.717) is 0 Å². The van der Waals surface area contributed by atoms with Crippen molar-refractivity contribution in [1.29, 1.82) is 0 Å². The molecule has 0 saturated carbocycles. The first-order valence-electron chi connectivity index (χ1n) is 6.86. The highest BCUT2D eigenvalue weighted by molar-refractivity contribution is 7.99. The Bertz CT molecular complexity index is 363. The Labute approximate surface area is 114 Å². The Kier molecular flexibility index (Phi) is 5.24. The predicted octanol–water partition coefficient (Wildman–Crippen LogP) is 4.03. The van der Waals surface area contributed by atoms with Gasteiger partial charge in [0.05, 0.1) is 6.10 Å². The summed E-state index contributed by atoms with van der Waals surface area (Å²) in [5.74, 6) is 4.42. The number of nitrogens with one attached hydrogen (secondary N) is 1. The zero-order valence-corrected chi connectivity index (χ0v) is 12.1. The van der Waals surface area contributed by atoms with Gasteiger partial charge in [0.15, 0.2) is 0 Å². The first kappa shape index (κ1) is 13.6. The zero-order valence-electron chi connectivity index (χ0n) is 11.3. The second-order valence-corrected chi connectivity index (χ2v) is 6.12. The number of benzene rings is 1. The third-order valence-corrected chi connectivity index (χ3v) is 4.60. The Hall–Kier alpha value is -0.830. The minimum Gasteiger partial charge on any atom is -0.491 e. The molecule has 1 N–H and O–H groups in total. The third-order valence-electron chi connectivity index (χ3n) is 3.37. The molecule has 0 spiro atoms. The first-order valence-corrected chi connectivity index (χ1v) is 8.01. The molecule has 1 heterocycles. The fourth-order valence-corrected chi connectivity index (χ4v) is 3.29. The number of thioether (sulfide) groups is 1. The summed E-state index contributed by atoms with van der Waals surface area (Å²) < 4.78 is 5.83. The number of anilines is 1. The Morgan fingerprint density at radius 3 is 3.11 bits per heavy atom. The molecule has 2 nitrogen and oxygen atoms in total. The number of rotatable bonds is 6. The van der Waals surface area contributed by atoms with E-state index >= 15 is 0 Å². The fourth-order valence-electron chi connectivity index (χ4n) is 2.00. The predicted molar refractivity (Wildman–Crippen MR) is 80.7 cm³/mol. The average Bonchev–Trinajstić information content (AvgIpc) is 2.90. The van der Waals surface area contributed by atoms with Crippen LogP contribution < -0.4 is 10.1 Å². The second-order valence-electron chi connectivity index (χ2n) is 4.98. The van der Waals surface area contributed by atoms with Crippen LogP contribution >= 0.6 is 11.8 Å². The van der Waals surface area contributed by atoms with Crippen molar-refractivity contribution in [3.05, 3.63) is 24.3 Å². The summed E-state index contributed by atoms with van der Waals surface area (Å²) in [7, 11) is 0. The van der Waals surface area contributed by atoms with Crippen molar-refractivity contribution in [3.63, 3.8) is 0 Å². The maximum absolute atomic E-state index is 5.83. The van der Waals surface area contributed by atoms with Crippen molar-refractivity contribution in [2.24, 2.45) is 5.92 Å². The lowest BCUT2D eigenvalue weighted by atomic mass is 10.1. The first-order chi connectivity index (χ1) is 8.78. The fraction of sp³-hybridized carbons (Fsp3) is 0.600. The molecular formula is C15H23NOS. The molecule has 1 aromatic carbocycles. The normalized spacial score (nSPS) is 20.7. The van der Waals surface area contributed by atoms with Crippen LogP contribution in [0, 0.1) is 5.92 Å². The summed E-state index contributed by atoms with van der Waals surface area (Å²) in [6.45, 7) is 5.33. The Morgan fingerprint density at radius 1 is 1.50 bits per heavy atom. The van der Waals surface area contributed by atoms with Gasteiger partial charge in [-0.05, 0) is 49.3 Å². The summed E-state index contributed by atoms with van der Waals surface area (Å²) in [6, 6.07) is 8.31. The smallest absolute Gasteiger partial charge is 0.121 e. The second kappa shape index (κ2) is 6.93. The van der Waals surface area contributed by atoms with Crippen molar-refractivity contribution in [3.8, 4) is 5.75 Å². The molecule has 2 rings (SSSR count). The molecule has 1 aromatic rings. The maximum atomic E-state index is 5.83. The van der Waals surface area contributed by atoms with E-state index in [0.717, 1.165) is 24.6 Å². The number of hydrogen-bond acceptors (Lipinski definition) is 3. The molecule has 0 aromatic heterocycles.